The summed E-state index contributed by atoms with van der Waals surface area (Å²) >= 11 is 0. The van der Waals surface area contributed by atoms with Crippen LogP contribution in [0.2, 0.25) is 0 Å². The minimum Gasteiger partial charge on any atom is -0.323 e. The number of rotatable bonds is 4. The van der Waals surface area contributed by atoms with Crippen LogP contribution >= 0.6 is 0 Å². The van der Waals surface area contributed by atoms with Gasteiger partial charge < -0.3 is 5.32 Å². The number of anilines is 2. The summed E-state index contributed by atoms with van der Waals surface area (Å²) in [6.45, 7) is -0.329. The van der Waals surface area contributed by atoms with Gasteiger partial charge in [0.2, 0.25) is 5.91 Å². The molecule has 0 unspecified atom stereocenters. The summed E-state index contributed by atoms with van der Waals surface area (Å²) in [5, 5.41) is 4.21. The number of benzene rings is 3. The predicted molar refractivity (Wildman–Crippen MR) is 126 cm³/mol. The van der Waals surface area contributed by atoms with Gasteiger partial charge in [-0.15, -0.1) is 0 Å². The molecule has 8 nitrogen and oxygen atoms in total. The molecule has 0 bridgehead atoms. The maximum absolute atomic E-state index is 13.1. The molecule has 1 N–H and O–H groups in total. The molecule has 33 heavy (non-hydrogen) atoms. The van der Waals surface area contributed by atoms with Crippen molar-refractivity contribution < 1.29 is 13.2 Å². The highest BCUT2D eigenvalue weighted by Crippen LogP contribution is 2.41. The van der Waals surface area contributed by atoms with E-state index >= 15 is 0 Å². The molecular formula is C24H17N5O3S. The van der Waals surface area contributed by atoms with E-state index in [4.69, 9.17) is 0 Å². The van der Waals surface area contributed by atoms with Gasteiger partial charge in [0, 0.05) is 5.39 Å². The number of pyridine rings is 1. The number of amides is 1. The highest BCUT2D eigenvalue weighted by Gasteiger charge is 2.36. The van der Waals surface area contributed by atoms with E-state index in [1.54, 1.807) is 42.7 Å². The molecule has 0 aliphatic carbocycles. The van der Waals surface area contributed by atoms with E-state index in [1.165, 1.54) is 6.20 Å². The molecule has 2 aromatic heterocycles. The molecule has 1 aliphatic rings. The lowest BCUT2D eigenvalue weighted by Crippen LogP contribution is -2.35. The molecule has 1 aliphatic heterocycles. The minimum absolute atomic E-state index is 0.224. The summed E-state index contributed by atoms with van der Waals surface area (Å²) in [4.78, 5) is 21.8. The van der Waals surface area contributed by atoms with E-state index in [0.717, 1.165) is 20.7 Å². The van der Waals surface area contributed by atoms with Gasteiger partial charge in [-0.05, 0) is 41.8 Å². The number of imidazole rings is 1. The van der Waals surface area contributed by atoms with Crippen LogP contribution in [-0.4, -0.2) is 35.4 Å². The van der Waals surface area contributed by atoms with Gasteiger partial charge in [-0.3, -0.25) is 13.7 Å². The van der Waals surface area contributed by atoms with Crippen molar-refractivity contribution >= 4 is 49.1 Å². The van der Waals surface area contributed by atoms with E-state index in [-0.39, 0.29) is 11.4 Å². The summed E-state index contributed by atoms with van der Waals surface area (Å²) in [6, 6.07) is 21.7. The first-order valence-corrected chi connectivity index (χ1v) is 11.7. The number of fused-ring (bicyclic) bond motifs is 1. The number of hydrogen-bond donors (Lipinski definition) is 1. The summed E-state index contributed by atoms with van der Waals surface area (Å²) in [5.41, 5.74) is 2.77. The average Bonchev–Trinajstić information content (AvgIpc) is 3.34. The number of carbonyl (C=O) groups excluding carboxylic acids is 1. The maximum atomic E-state index is 13.1. The standard InChI is InChI=1S/C24H17N5O3S/c30-23(14-29-20-9-3-5-16-6-4-10-21(24(16)20)33(29,31)32)27-17-11-12-22(25-13-17)28-15-26-18-7-1-2-8-19(18)28/h1-13,15H,14H2,(H,27,30). The van der Waals surface area contributed by atoms with Crippen LogP contribution in [0.5, 0.6) is 0 Å². The van der Waals surface area contributed by atoms with Crippen LogP contribution in [0, 0.1) is 0 Å². The molecule has 1 amide bonds. The van der Waals surface area contributed by atoms with Crippen molar-refractivity contribution in [3.8, 4) is 5.82 Å². The Hall–Kier alpha value is -4.24. The van der Waals surface area contributed by atoms with Crippen LogP contribution in [0.4, 0.5) is 11.4 Å². The molecule has 0 atom stereocenters. The maximum Gasteiger partial charge on any atom is 0.265 e. The fourth-order valence-corrected chi connectivity index (χ4v) is 5.87. The Morgan fingerprint density at radius 3 is 2.55 bits per heavy atom. The van der Waals surface area contributed by atoms with Crippen molar-refractivity contribution in [1.29, 1.82) is 0 Å². The molecule has 0 radical (unpaired) electrons. The predicted octanol–water partition coefficient (Wildman–Crippen LogP) is 3.72. The normalized spacial score (nSPS) is 14.1. The number of hydrogen-bond acceptors (Lipinski definition) is 5. The molecule has 162 valence electrons. The number of nitrogens with one attached hydrogen (secondary N) is 1. The van der Waals surface area contributed by atoms with Crippen LogP contribution < -0.4 is 9.62 Å². The van der Waals surface area contributed by atoms with Gasteiger partial charge in [-0.2, -0.15) is 0 Å². The van der Waals surface area contributed by atoms with E-state index < -0.39 is 15.9 Å². The molecule has 5 aromatic rings. The molecule has 0 fully saturated rings. The van der Waals surface area contributed by atoms with Gasteiger partial charge in [0.25, 0.3) is 10.0 Å². The number of sulfonamides is 1. The van der Waals surface area contributed by atoms with Gasteiger partial charge >= 0.3 is 0 Å². The molecule has 9 heteroatoms. The molecular weight excluding hydrogens is 438 g/mol. The largest absolute Gasteiger partial charge is 0.323 e. The number of para-hydroxylation sites is 2. The van der Waals surface area contributed by atoms with Crippen molar-refractivity contribution in [3.05, 3.63) is 85.3 Å². The monoisotopic (exact) mass is 455 g/mol. The van der Waals surface area contributed by atoms with E-state index in [1.807, 2.05) is 41.0 Å². The van der Waals surface area contributed by atoms with Gasteiger partial charge in [-0.25, -0.2) is 18.4 Å². The number of carbonyl (C=O) groups is 1. The third-order valence-corrected chi connectivity index (χ3v) is 7.50. The Balaban J connectivity index is 1.23. The second-order valence-electron chi connectivity index (χ2n) is 7.70. The van der Waals surface area contributed by atoms with Gasteiger partial charge in [0.1, 0.15) is 18.7 Å². The zero-order valence-electron chi connectivity index (χ0n) is 17.2. The summed E-state index contributed by atoms with van der Waals surface area (Å²) < 4.78 is 29.1. The molecule has 3 heterocycles. The van der Waals surface area contributed by atoms with Gasteiger partial charge in [0.05, 0.1) is 33.5 Å². The Morgan fingerprint density at radius 1 is 0.909 bits per heavy atom. The van der Waals surface area contributed by atoms with E-state index in [0.29, 0.717) is 22.6 Å². The zero-order valence-corrected chi connectivity index (χ0v) is 18.0. The fraction of sp³-hybridized carbons (Fsp3) is 0.0417. The first-order valence-electron chi connectivity index (χ1n) is 10.3. The molecule has 6 rings (SSSR count). The molecule has 3 aromatic carbocycles. The van der Waals surface area contributed by atoms with Crippen molar-refractivity contribution in [1.82, 2.24) is 14.5 Å². The Bertz CT molecular complexity index is 1650. The van der Waals surface area contributed by atoms with Crippen LogP contribution in [0.25, 0.3) is 27.6 Å². The Labute approximate surface area is 189 Å². The number of aromatic nitrogens is 3. The van der Waals surface area contributed by atoms with Crippen LogP contribution in [0.15, 0.2) is 90.2 Å². The Morgan fingerprint density at radius 2 is 1.73 bits per heavy atom. The lowest BCUT2D eigenvalue weighted by atomic mass is 10.1. The number of nitrogens with zero attached hydrogens (tertiary/aromatic N) is 4. The lowest BCUT2D eigenvalue weighted by Gasteiger charge is -2.18. The summed E-state index contributed by atoms with van der Waals surface area (Å²) in [7, 11) is -3.80. The first kappa shape index (κ1) is 19.4. The lowest BCUT2D eigenvalue weighted by molar-refractivity contribution is -0.114. The van der Waals surface area contributed by atoms with Crippen molar-refractivity contribution in [2.24, 2.45) is 0 Å². The van der Waals surface area contributed by atoms with Crippen molar-refractivity contribution in [2.75, 3.05) is 16.2 Å². The van der Waals surface area contributed by atoms with Gasteiger partial charge in [-0.1, -0.05) is 36.4 Å². The fourth-order valence-electron chi connectivity index (χ4n) is 4.20. The minimum atomic E-state index is -3.80. The molecule has 0 saturated carbocycles. The molecule has 0 saturated heterocycles. The van der Waals surface area contributed by atoms with Gasteiger partial charge in [0.15, 0.2) is 0 Å². The zero-order chi connectivity index (χ0) is 22.6. The molecule has 0 spiro atoms. The van der Waals surface area contributed by atoms with Crippen LogP contribution in [-0.2, 0) is 14.8 Å². The quantitative estimate of drug-likeness (QED) is 0.446. The highest BCUT2D eigenvalue weighted by molar-refractivity contribution is 7.93. The van der Waals surface area contributed by atoms with E-state index in [2.05, 4.69) is 15.3 Å². The third kappa shape index (κ3) is 3.05. The average molecular weight is 455 g/mol. The van der Waals surface area contributed by atoms with Crippen LogP contribution in [0.1, 0.15) is 0 Å². The highest BCUT2D eigenvalue weighted by atomic mass is 32.2. The van der Waals surface area contributed by atoms with Crippen LogP contribution in [0.3, 0.4) is 0 Å². The van der Waals surface area contributed by atoms with Crippen molar-refractivity contribution in [2.45, 2.75) is 4.90 Å². The topological polar surface area (TPSA) is 97.2 Å². The second-order valence-corrected chi connectivity index (χ2v) is 9.53. The Kier molecular flexibility index (Phi) is 4.21. The SMILES string of the molecule is O=C(CN1c2cccc3cccc(c23)S1(=O)=O)Nc1ccc(-n2cnc3ccccc32)nc1. The van der Waals surface area contributed by atoms with E-state index in [9.17, 15) is 13.2 Å². The summed E-state index contributed by atoms with van der Waals surface area (Å²) in [5.74, 6) is 0.206. The first-order chi connectivity index (χ1) is 16.0. The second kappa shape index (κ2) is 7.14. The van der Waals surface area contributed by atoms with Crippen molar-refractivity contribution in [3.63, 3.8) is 0 Å². The smallest absolute Gasteiger partial charge is 0.265 e. The third-order valence-electron chi connectivity index (χ3n) is 5.70. The summed E-state index contributed by atoms with van der Waals surface area (Å²) in [6.07, 6.45) is 3.23.